The van der Waals surface area contributed by atoms with Crippen molar-refractivity contribution in [2.45, 2.75) is 53.1 Å². The van der Waals surface area contributed by atoms with Gasteiger partial charge in [-0.25, -0.2) is 4.68 Å². The van der Waals surface area contributed by atoms with Gasteiger partial charge in [-0.1, -0.05) is 27.7 Å². The Morgan fingerprint density at radius 3 is 2.38 bits per heavy atom. The molecule has 1 aromatic rings. The summed E-state index contributed by atoms with van der Waals surface area (Å²) in [6, 6.07) is 0.353. The van der Waals surface area contributed by atoms with E-state index in [1.54, 1.807) is 0 Å². The minimum absolute atomic E-state index is 0.353. The molecule has 21 heavy (non-hydrogen) atoms. The molecule has 1 fully saturated rings. The van der Waals surface area contributed by atoms with Crippen LogP contribution >= 0.6 is 0 Å². The monoisotopic (exact) mass is 294 g/mol. The highest BCUT2D eigenvalue weighted by molar-refractivity contribution is 4.94. The minimum Gasteiger partial charge on any atom is -0.301 e. The Morgan fingerprint density at radius 2 is 1.81 bits per heavy atom. The molecule has 0 aliphatic carbocycles. The van der Waals surface area contributed by atoms with Gasteiger partial charge in [-0.05, 0) is 35.7 Å². The lowest BCUT2D eigenvalue weighted by Gasteiger charge is -2.38. The first-order chi connectivity index (χ1) is 10.2. The molecule has 6 heteroatoms. The first kappa shape index (κ1) is 16.4. The van der Waals surface area contributed by atoms with E-state index in [0.29, 0.717) is 12.0 Å². The Balaban J connectivity index is 2.02. The van der Waals surface area contributed by atoms with Gasteiger partial charge in [0.2, 0.25) is 0 Å². The van der Waals surface area contributed by atoms with Crippen molar-refractivity contribution in [2.24, 2.45) is 5.92 Å². The van der Waals surface area contributed by atoms with Gasteiger partial charge in [0.15, 0.2) is 5.82 Å². The van der Waals surface area contributed by atoms with Gasteiger partial charge in [-0.2, -0.15) is 0 Å². The van der Waals surface area contributed by atoms with E-state index < -0.39 is 0 Å². The molecule has 2 rings (SSSR count). The maximum Gasteiger partial charge on any atom is 0.168 e. The average molecular weight is 294 g/mol. The number of aromatic nitrogens is 4. The number of likely N-dealkylation sites (N-methyl/N-ethyl adjacent to an activating group) is 1. The molecule has 1 saturated heterocycles. The first-order valence-electron chi connectivity index (χ1n) is 8.38. The molecule has 1 aliphatic heterocycles. The molecule has 1 atom stereocenters. The fourth-order valence-corrected chi connectivity index (χ4v) is 2.99. The first-order valence-corrected chi connectivity index (χ1v) is 8.38. The second kappa shape index (κ2) is 7.84. The second-order valence-electron chi connectivity index (χ2n) is 6.34. The molecule has 2 heterocycles. The summed E-state index contributed by atoms with van der Waals surface area (Å²) in [7, 11) is 0. The smallest absolute Gasteiger partial charge is 0.168 e. The molecule has 0 unspecified atom stereocenters. The van der Waals surface area contributed by atoms with Crippen molar-refractivity contribution in [3.63, 3.8) is 0 Å². The van der Waals surface area contributed by atoms with E-state index in [2.05, 4.69) is 53.0 Å². The maximum absolute atomic E-state index is 4.33. The third kappa shape index (κ3) is 4.23. The third-order valence-corrected chi connectivity index (χ3v) is 4.46. The van der Waals surface area contributed by atoms with Crippen LogP contribution in [0.15, 0.2) is 0 Å². The summed E-state index contributed by atoms with van der Waals surface area (Å²) in [6.45, 7) is 15.6. The molecule has 0 saturated carbocycles. The fourth-order valence-electron chi connectivity index (χ4n) is 2.99. The molecular formula is C15H30N6. The van der Waals surface area contributed by atoms with Gasteiger partial charge in [0.05, 0.1) is 6.04 Å². The molecule has 1 aromatic heterocycles. The van der Waals surface area contributed by atoms with E-state index in [-0.39, 0.29) is 0 Å². The van der Waals surface area contributed by atoms with Crippen molar-refractivity contribution >= 4 is 0 Å². The fraction of sp³-hybridized carbons (Fsp3) is 0.933. The van der Waals surface area contributed by atoms with E-state index in [4.69, 9.17) is 0 Å². The average Bonchev–Trinajstić information content (AvgIpc) is 2.95. The molecule has 0 amide bonds. The van der Waals surface area contributed by atoms with Crippen molar-refractivity contribution in [2.75, 3.05) is 32.7 Å². The highest BCUT2D eigenvalue weighted by atomic mass is 15.5. The topological polar surface area (TPSA) is 50.1 Å². The Kier molecular flexibility index (Phi) is 6.11. The zero-order valence-electron chi connectivity index (χ0n) is 14.0. The Labute approximate surface area is 128 Å². The lowest BCUT2D eigenvalue weighted by atomic mass is 10.1. The zero-order valence-corrected chi connectivity index (χ0v) is 14.0. The van der Waals surface area contributed by atoms with Crippen LogP contribution in [-0.4, -0.2) is 62.7 Å². The van der Waals surface area contributed by atoms with Crippen molar-refractivity contribution in [3.05, 3.63) is 5.82 Å². The van der Waals surface area contributed by atoms with Crippen LogP contribution in [0.3, 0.4) is 0 Å². The molecule has 0 radical (unpaired) electrons. The highest BCUT2D eigenvalue weighted by Gasteiger charge is 2.27. The lowest BCUT2D eigenvalue weighted by molar-refractivity contribution is 0.0911. The van der Waals surface area contributed by atoms with Crippen molar-refractivity contribution < 1.29 is 0 Å². The number of nitrogens with zero attached hydrogens (tertiary/aromatic N) is 6. The summed E-state index contributed by atoms with van der Waals surface area (Å²) in [5, 5.41) is 12.4. The second-order valence-corrected chi connectivity index (χ2v) is 6.34. The molecule has 0 aromatic carbocycles. The number of piperazine rings is 1. The SMILES string of the molecule is CC[C@H](c1nnnn1CCC(C)C)N1CCN(CC)CC1. The Bertz CT molecular complexity index is 408. The standard InChI is InChI=1S/C15H30N6/c1-5-14(20-11-9-19(6-2)10-12-20)15-16-17-18-21(15)8-7-13(3)4/h13-14H,5-12H2,1-4H3/t14-/m1/s1. The van der Waals surface area contributed by atoms with Crippen LogP contribution in [0.1, 0.15) is 52.4 Å². The van der Waals surface area contributed by atoms with Gasteiger partial charge < -0.3 is 4.90 Å². The van der Waals surface area contributed by atoms with E-state index in [1.807, 2.05) is 4.68 Å². The number of hydrogen-bond donors (Lipinski definition) is 0. The van der Waals surface area contributed by atoms with Crippen molar-refractivity contribution in [1.29, 1.82) is 0 Å². The number of hydrogen-bond acceptors (Lipinski definition) is 5. The predicted molar refractivity (Wildman–Crippen MR) is 84.0 cm³/mol. The van der Waals surface area contributed by atoms with Crippen LogP contribution in [0.5, 0.6) is 0 Å². The number of tetrazole rings is 1. The summed E-state index contributed by atoms with van der Waals surface area (Å²) >= 11 is 0. The van der Waals surface area contributed by atoms with Crippen LogP contribution in [-0.2, 0) is 6.54 Å². The lowest BCUT2D eigenvalue weighted by Crippen LogP contribution is -2.47. The molecule has 0 bridgehead atoms. The van der Waals surface area contributed by atoms with Gasteiger partial charge in [0.1, 0.15) is 0 Å². The van der Waals surface area contributed by atoms with Crippen LogP contribution in [0.25, 0.3) is 0 Å². The molecule has 0 spiro atoms. The summed E-state index contributed by atoms with van der Waals surface area (Å²) < 4.78 is 2.01. The molecule has 120 valence electrons. The van der Waals surface area contributed by atoms with E-state index in [1.165, 1.54) is 0 Å². The minimum atomic E-state index is 0.353. The molecule has 0 N–H and O–H groups in total. The maximum atomic E-state index is 4.33. The number of aryl methyl sites for hydroxylation is 1. The van der Waals surface area contributed by atoms with Crippen LogP contribution in [0, 0.1) is 5.92 Å². The normalized spacial score (nSPS) is 19.3. The predicted octanol–water partition coefficient (Wildman–Crippen LogP) is 1.81. The molecular weight excluding hydrogens is 264 g/mol. The zero-order chi connectivity index (χ0) is 15.2. The highest BCUT2D eigenvalue weighted by Crippen LogP contribution is 2.23. The van der Waals surface area contributed by atoms with Gasteiger partial charge in [-0.15, -0.1) is 5.10 Å². The Hall–Kier alpha value is -1.01. The van der Waals surface area contributed by atoms with Gasteiger partial charge >= 0.3 is 0 Å². The van der Waals surface area contributed by atoms with E-state index >= 15 is 0 Å². The summed E-state index contributed by atoms with van der Waals surface area (Å²) in [4.78, 5) is 5.05. The van der Waals surface area contributed by atoms with Gasteiger partial charge in [0.25, 0.3) is 0 Å². The number of rotatable bonds is 7. The van der Waals surface area contributed by atoms with Crippen molar-refractivity contribution in [3.8, 4) is 0 Å². The Morgan fingerprint density at radius 1 is 1.10 bits per heavy atom. The van der Waals surface area contributed by atoms with Crippen LogP contribution < -0.4 is 0 Å². The van der Waals surface area contributed by atoms with Crippen molar-refractivity contribution in [1.82, 2.24) is 30.0 Å². The largest absolute Gasteiger partial charge is 0.301 e. The van der Waals surface area contributed by atoms with E-state index in [9.17, 15) is 0 Å². The molecule has 1 aliphatic rings. The molecule has 6 nitrogen and oxygen atoms in total. The summed E-state index contributed by atoms with van der Waals surface area (Å²) in [5.74, 6) is 1.72. The van der Waals surface area contributed by atoms with E-state index in [0.717, 1.165) is 57.9 Å². The van der Waals surface area contributed by atoms with Crippen LogP contribution in [0.2, 0.25) is 0 Å². The third-order valence-electron chi connectivity index (χ3n) is 4.46. The van der Waals surface area contributed by atoms with Crippen LogP contribution in [0.4, 0.5) is 0 Å². The summed E-state index contributed by atoms with van der Waals surface area (Å²) in [5.41, 5.74) is 0. The van der Waals surface area contributed by atoms with Gasteiger partial charge in [-0.3, -0.25) is 4.90 Å². The van der Waals surface area contributed by atoms with Gasteiger partial charge in [0, 0.05) is 32.7 Å². The summed E-state index contributed by atoms with van der Waals surface area (Å²) in [6.07, 6.45) is 2.19. The quantitative estimate of drug-likeness (QED) is 0.767.